The molecular formula is C20H22N2OS3. The van der Waals surface area contributed by atoms with Crippen molar-refractivity contribution in [2.75, 3.05) is 18.3 Å². The largest absolute Gasteiger partial charge is 0.316 e. The molecule has 1 aromatic heterocycles. The van der Waals surface area contributed by atoms with Crippen molar-refractivity contribution in [2.24, 2.45) is 4.99 Å². The first-order valence-electron chi connectivity index (χ1n) is 8.50. The molecule has 3 rings (SSSR count). The zero-order chi connectivity index (χ0) is 18.5. The predicted molar refractivity (Wildman–Crippen MR) is 116 cm³/mol. The lowest BCUT2D eigenvalue weighted by Gasteiger charge is -2.04. The summed E-state index contributed by atoms with van der Waals surface area (Å²) in [5.41, 5.74) is 3.10. The van der Waals surface area contributed by atoms with Gasteiger partial charge < -0.3 is 4.57 Å². The van der Waals surface area contributed by atoms with Gasteiger partial charge in [-0.2, -0.15) is 16.8 Å². The maximum Gasteiger partial charge on any atom is 0.279 e. The minimum absolute atomic E-state index is 0.180. The van der Waals surface area contributed by atoms with Gasteiger partial charge in [0, 0.05) is 22.8 Å². The van der Waals surface area contributed by atoms with Gasteiger partial charge in [0.05, 0.1) is 10.2 Å². The normalized spacial score (nSPS) is 12.0. The third kappa shape index (κ3) is 4.24. The van der Waals surface area contributed by atoms with Crippen molar-refractivity contribution in [3.05, 3.63) is 58.4 Å². The van der Waals surface area contributed by atoms with E-state index in [2.05, 4.69) is 40.9 Å². The SMILES string of the molecule is CCc1ccc2c(c1)sc(=NC(=O)c1cccc(SC)c1)n2CCSC. The number of carbonyl (C=O) groups excluding carboxylic acids is 1. The molecule has 0 bridgehead atoms. The van der Waals surface area contributed by atoms with E-state index >= 15 is 0 Å². The number of hydrogen-bond donors (Lipinski definition) is 0. The fraction of sp³-hybridized carbons (Fsp3) is 0.300. The summed E-state index contributed by atoms with van der Waals surface area (Å²) >= 11 is 5.03. The highest BCUT2D eigenvalue weighted by atomic mass is 32.2. The summed E-state index contributed by atoms with van der Waals surface area (Å²) < 4.78 is 3.36. The van der Waals surface area contributed by atoms with Crippen LogP contribution in [0.1, 0.15) is 22.8 Å². The summed E-state index contributed by atoms with van der Waals surface area (Å²) in [6, 6.07) is 14.2. The second kappa shape index (κ2) is 8.93. The van der Waals surface area contributed by atoms with Crippen molar-refractivity contribution in [3.8, 4) is 0 Å². The monoisotopic (exact) mass is 402 g/mol. The Labute approximate surface area is 166 Å². The van der Waals surface area contributed by atoms with Crippen molar-refractivity contribution in [3.63, 3.8) is 0 Å². The molecule has 0 saturated carbocycles. The highest BCUT2D eigenvalue weighted by Crippen LogP contribution is 2.21. The van der Waals surface area contributed by atoms with Crippen molar-refractivity contribution in [1.29, 1.82) is 0 Å². The molecule has 3 nitrogen and oxygen atoms in total. The van der Waals surface area contributed by atoms with Gasteiger partial charge >= 0.3 is 0 Å². The number of carbonyl (C=O) groups is 1. The number of thiazole rings is 1. The second-order valence-electron chi connectivity index (χ2n) is 5.83. The molecule has 0 radical (unpaired) electrons. The quantitative estimate of drug-likeness (QED) is 0.539. The van der Waals surface area contributed by atoms with Crippen LogP contribution in [0.4, 0.5) is 0 Å². The predicted octanol–water partition coefficient (Wildman–Crippen LogP) is 5.09. The number of hydrogen-bond acceptors (Lipinski definition) is 4. The molecule has 0 saturated heterocycles. The lowest BCUT2D eigenvalue weighted by atomic mass is 10.2. The van der Waals surface area contributed by atoms with E-state index in [1.807, 2.05) is 30.5 Å². The molecule has 0 spiro atoms. The van der Waals surface area contributed by atoms with Crippen LogP contribution in [0.2, 0.25) is 0 Å². The van der Waals surface area contributed by atoms with Crippen LogP contribution in [-0.4, -0.2) is 28.7 Å². The number of fused-ring (bicyclic) bond motifs is 1. The van der Waals surface area contributed by atoms with E-state index in [4.69, 9.17) is 0 Å². The van der Waals surface area contributed by atoms with Gasteiger partial charge in [-0.1, -0.05) is 30.4 Å². The van der Waals surface area contributed by atoms with Crippen LogP contribution >= 0.6 is 34.9 Å². The van der Waals surface area contributed by atoms with Crippen molar-refractivity contribution >= 4 is 51.0 Å². The van der Waals surface area contributed by atoms with Gasteiger partial charge in [0.15, 0.2) is 4.80 Å². The molecule has 26 heavy (non-hydrogen) atoms. The summed E-state index contributed by atoms with van der Waals surface area (Å²) in [6.45, 7) is 3.01. The van der Waals surface area contributed by atoms with Crippen LogP contribution in [0.25, 0.3) is 10.2 Å². The molecule has 0 aliphatic rings. The minimum Gasteiger partial charge on any atom is -0.316 e. The molecule has 6 heteroatoms. The molecule has 136 valence electrons. The van der Waals surface area contributed by atoms with Crippen molar-refractivity contribution < 1.29 is 4.79 Å². The Morgan fingerprint density at radius 2 is 2.04 bits per heavy atom. The zero-order valence-electron chi connectivity index (χ0n) is 15.2. The van der Waals surface area contributed by atoms with Gasteiger partial charge in [-0.3, -0.25) is 4.79 Å². The van der Waals surface area contributed by atoms with Crippen LogP contribution in [0, 0.1) is 0 Å². The smallest absolute Gasteiger partial charge is 0.279 e. The highest BCUT2D eigenvalue weighted by molar-refractivity contribution is 7.98. The Hall–Kier alpha value is -1.50. The van der Waals surface area contributed by atoms with E-state index in [-0.39, 0.29) is 5.91 Å². The Kier molecular flexibility index (Phi) is 6.62. The number of thioether (sulfide) groups is 2. The number of benzene rings is 2. The molecule has 0 fully saturated rings. The summed E-state index contributed by atoms with van der Waals surface area (Å²) in [7, 11) is 0. The Bertz CT molecular complexity index is 988. The van der Waals surface area contributed by atoms with Crippen molar-refractivity contribution in [1.82, 2.24) is 4.57 Å². The topological polar surface area (TPSA) is 34.4 Å². The van der Waals surface area contributed by atoms with Gasteiger partial charge in [0.2, 0.25) is 0 Å². The van der Waals surface area contributed by atoms with Gasteiger partial charge in [0.25, 0.3) is 5.91 Å². The number of aromatic nitrogens is 1. The number of nitrogens with zero attached hydrogens (tertiary/aromatic N) is 2. The summed E-state index contributed by atoms with van der Waals surface area (Å²) in [4.78, 5) is 19.0. The lowest BCUT2D eigenvalue weighted by Crippen LogP contribution is -2.18. The van der Waals surface area contributed by atoms with E-state index in [9.17, 15) is 4.79 Å². The second-order valence-corrected chi connectivity index (χ2v) is 8.71. The van der Waals surface area contributed by atoms with Gasteiger partial charge in [-0.15, -0.1) is 11.8 Å². The maximum atomic E-state index is 12.7. The average molecular weight is 403 g/mol. The lowest BCUT2D eigenvalue weighted by molar-refractivity contribution is 0.0997. The standard InChI is InChI=1S/C20H22N2OS3/c1-4-14-8-9-17-18(12-14)26-20(22(17)10-11-24-2)21-19(23)15-6-5-7-16(13-15)25-3/h5-9,12-13H,4,10-11H2,1-3H3. The van der Waals surface area contributed by atoms with Crippen LogP contribution in [0.3, 0.4) is 0 Å². The molecule has 0 aliphatic heterocycles. The van der Waals surface area contributed by atoms with E-state index in [1.165, 1.54) is 10.3 Å². The Morgan fingerprint density at radius 1 is 1.19 bits per heavy atom. The Morgan fingerprint density at radius 3 is 2.77 bits per heavy atom. The van der Waals surface area contributed by atoms with E-state index < -0.39 is 0 Å². The molecule has 2 aromatic carbocycles. The first-order chi connectivity index (χ1) is 12.7. The molecular weight excluding hydrogens is 380 g/mol. The summed E-state index contributed by atoms with van der Waals surface area (Å²) in [5, 5.41) is 0. The fourth-order valence-electron chi connectivity index (χ4n) is 2.73. The van der Waals surface area contributed by atoms with Gasteiger partial charge in [0.1, 0.15) is 0 Å². The number of aryl methyl sites for hydroxylation is 2. The first kappa shape index (κ1) is 19.3. The van der Waals surface area contributed by atoms with Crippen LogP contribution in [0.15, 0.2) is 52.4 Å². The number of amides is 1. The first-order valence-corrected chi connectivity index (χ1v) is 11.9. The van der Waals surface area contributed by atoms with Crippen LogP contribution in [-0.2, 0) is 13.0 Å². The molecule has 1 heterocycles. The maximum absolute atomic E-state index is 12.7. The van der Waals surface area contributed by atoms with E-state index in [0.29, 0.717) is 5.56 Å². The Balaban J connectivity index is 2.08. The fourth-order valence-corrected chi connectivity index (χ4v) is 4.67. The number of rotatable bonds is 6. The molecule has 0 atom stereocenters. The average Bonchev–Trinajstić information content (AvgIpc) is 3.02. The van der Waals surface area contributed by atoms with Gasteiger partial charge in [-0.05, 0) is 54.8 Å². The molecule has 0 N–H and O–H groups in total. The van der Waals surface area contributed by atoms with E-state index in [0.717, 1.165) is 33.9 Å². The summed E-state index contributed by atoms with van der Waals surface area (Å²) in [6.07, 6.45) is 5.11. The minimum atomic E-state index is -0.180. The summed E-state index contributed by atoms with van der Waals surface area (Å²) in [5.74, 6) is 0.811. The molecule has 1 amide bonds. The van der Waals surface area contributed by atoms with Gasteiger partial charge in [-0.25, -0.2) is 0 Å². The van der Waals surface area contributed by atoms with Crippen molar-refractivity contribution in [2.45, 2.75) is 24.8 Å². The molecule has 3 aromatic rings. The zero-order valence-corrected chi connectivity index (χ0v) is 17.6. The third-order valence-corrected chi connectivity index (χ3v) is 6.55. The molecule has 0 unspecified atom stereocenters. The van der Waals surface area contributed by atoms with E-state index in [1.54, 1.807) is 34.9 Å². The van der Waals surface area contributed by atoms with Crippen LogP contribution < -0.4 is 4.80 Å². The molecule has 0 aliphatic carbocycles. The third-order valence-electron chi connectivity index (χ3n) is 4.19. The van der Waals surface area contributed by atoms with Crippen LogP contribution in [0.5, 0.6) is 0 Å². The highest BCUT2D eigenvalue weighted by Gasteiger charge is 2.10.